The van der Waals surface area contributed by atoms with Crippen LogP contribution in [-0.4, -0.2) is 35.5 Å². The molecule has 2 fully saturated rings. The monoisotopic (exact) mass is 351 g/mol. The molecule has 5 heteroatoms. The van der Waals surface area contributed by atoms with Crippen molar-refractivity contribution in [2.24, 2.45) is 0 Å². The molecule has 2 atom stereocenters. The highest BCUT2D eigenvalue weighted by Gasteiger charge is 2.49. The standard InChI is InChI=1S/C19H29NO3S/c1-3-4-12-19(21)13-16-6-5-7-17(14-19)20(16)24(22,23)18-10-8-15(2)9-11-18/h8-11,16-17,21H,3-7,12-14H2,1-2H3. The van der Waals surface area contributed by atoms with Gasteiger partial charge in [-0.1, -0.05) is 43.9 Å². The van der Waals surface area contributed by atoms with Crippen LogP contribution in [0.25, 0.3) is 0 Å². The molecule has 0 saturated carbocycles. The summed E-state index contributed by atoms with van der Waals surface area (Å²) in [7, 11) is -3.49. The Morgan fingerprint density at radius 3 is 2.29 bits per heavy atom. The Bertz CT molecular complexity index is 654. The number of aliphatic hydroxyl groups is 1. The zero-order valence-corrected chi connectivity index (χ0v) is 15.6. The van der Waals surface area contributed by atoms with Crippen LogP contribution in [0.15, 0.2) is 29.2 Å². The minimum absolute atomic E-state index is 0.0642. The molecule has 2 heterocycles. The van der Waals surface area contributed by atoms with Gasteiger partial charge in [0.05, 0.1) is 10.5 Å². The maximum absolute atomic E-state index is 13.2. The summed E-state index contributed by atoms with van der Waals surface area (Å²) >= 11 is 0. The van der Waals surface area contributed by atoms with Gasteiger partial charge in [0.1, 0.15) is 0 Å². The second-order valence-corrected chi connectivity index (χ2v) is 9.47. The Morgan fingerprint density at radius 2 is 1.75 bits per heavy atom. The van der Waals surface area contributed by atoms with E-state index in [-0.39, 0.29) is 12.1 Å². The Hall–Kier alpha value is -0.910. The fourth-order valence-electron chi connectivity index (χ4n) is 4.42. The van der Waals surface area contributed by atoms with Gasteiger partial charge in [0.15, 0.2) is 0 Å². The Balaban J connectivity index is 1.88. The lowest BCUT2D eigenvalue weighted by molar-refractivity contribution is -0.0683. The predicted octanol–water partition coefficient (Wildman–Crippen LogP) is 3.62. The second kappa shape index (κ2) is 6.77. The highest BCUT2D eigenvalue weighted by molar-refractivity contribution is 7.89. The zero-order valence-electron chi connectivity index (χ0n) is 14.7. The first-order valence-electron chi connectivity index (χ1n) is 9.18. The highest BCUT2D eigenvalue weighted by Crippen LogP contribution is 2.43. The molecule has 1 aromatic rings. The Kier molecular flexibility index (Phi) is 5.05. The van der Waals surface area contributed by atoms with Crippen LogP contribution in [-0.2, 0) is 10.0 Å². The molecular weight excluding hydrogens is 322 g/mol. The van der Waals surface area contributed by atoms with Crippen LogP contribution in [0, 0.1) is 6.92 Å². The van der Waals surface area contributed by atoms with Gasteiger partial charge in [0.2, 0.25) is 10.0 Å². The van der Waals surface area contributed by atoms with Crippen molar-refractivity contribution in [1.82, 2.24) is 4.31 Å². The van der Waals surface area contributed by atoms with E-state index in [1.165, 1.54) is 0 Å². The number of hydrogen-bond donors (Lipinski definition) is 1. The lowest BCUT2D eigenvalue weighted by atomic mass is 9.75. The summed E-state index contributed by atoms with van der Waals surface area (Å²) in [5.41, 5.74) is 0.368. The molecule has 0 radical (unpaired) electrons. The number of benzene rings is 1. The summed E-state index contributed by atoms with van der Waals surface area (Å²) in [6.45, 7) is 4.08. The van der Waals surface area contributed by atoms with Crippen molar-refractivity contribution >= 4 is 10.0 Å². The van der Waals surface area contributed by atoms with E-state index in [4.69, 9.17) is 0 Å². The molecular formula is C19H29NO3S. The van der Waals surface area contributed by atoms with E-state index in [1.807, 2.05) is 19.1 Å². The van der Waals surface area contributed by atoms with E-state index < -0.39 is 15.6 Å². The lowest BCUT2D eigenvalue weighted by Gasteiger charge is -2.51. The largest absolute Gasteiger partial charge is 0.390 e. The molecule has 1 aromatic carbocycles. The molecule has 2 bridgehead atoms. The summed E-state index contributed by atoms with van der Waals surface area (Å²) in [6.07, 6.45) is 6.77. The van der Waals surface area contributed by atoms with Gasteiger partial charge in [0, 0.05) is 12.1 Å². The molecule has 0 spiro atoms. The van der Waals surface area contributed by atoms with Crippen molar-refractivity contribution in [2.75, 3.05) is 0 Å². The first kappa shape index (κ1) is 17.9. The van der Waals surface area contributed by atoms with E-state index in [2.05, 4.69) is 6.92 Å². The molecule has 1 N–H and O–H groups in total. The molecule has 2 aliphatic rings. The lowest BCUT2D eigenvalue weighted by Crippen LogP contribution is -2.59. The molecule has 134 valence electrons. The molecule has 3 rings (SSSR count). The number of aryl methyl sites for hydroxylation is 1. The summed E-state index contributed by atoms with van der Waals surface area (Å²) in [6, 6.07) is 6.99. The Labute approximate surface area is 145 Å². The van der Waals surface area contributed by atoms with Gasteiger partial charge in [-0.05, 0) is 51.2 Å². The molecule has 24 heavy (non-hydrogen) atoms. The van der Waals surface area contributed by atoms with Gasteiger partial charge in [-0.25, -0.2) is 8.42 Å². The van der Waals surface area contributed by atoms with Crippen molar-refractivity contribution in [3.8, 4) is 0 Å². The molecule has 0 aliphatic carbocycles. The van der Waals surface area contributed by atoms with Crippen LogP contribution in [0.3, 0.4) is 0 Å². The average Bonchev–Trinajstić information content (AvgIpc) is 2.52. The number of unbranched alkanes of at least 4 members (excludes halogenated alkanes) is 1. The molecule has 0 amide bonds. The third-order valence-corrected chi connectivity index (χ3v) is 7.64. The smallest absolute Gasteiger partial charge is 0.243 e. The van der Waals surface area contributed by atoms with Crippen molar-refractivity contribution in [3.63, 3.8) is 0 Å². The van der Waals surface area contributed by atoms with Crippen molar-refractivity contribution < 1.29 is 13.5 Å². The minimum atomic E-state index is -3.49. The van der Waals surface area contributed by atoms with Gasteiger partial charge in [0.25, 0.3) is 0 Å². The minimum Gasteiger partial charge on any atom is -0.390 e. The van der Waals surface area contributed by atoms with E-state index in [9.17, 15) is 13.5 Å². The van der Waals surface area contributed by atoms with Crippen LogP contribution in [0.2, 0.25) is 0 Å². The summed E-state index contributed by atoms with van der Waals surface area (Å²) < 4.78 is 28.1. The number of hydrogen-bond acceptors (Lipinski definition) is 3. The maximum atomic E-state index is 13.2. The van der Waals surface area contributed by atoms with E-state index >= 15 is 0 Å². The summed E-state index contributed by atoms with van der Waals surface area (Å²) in [5, 5.41) is 11.0. The first-order chi connectivity index (χ1) is 11.4. The third-order valence-electron chi connectivity index (χ3n) is 5.62. The summed E-state index contributed by atoms with van der Waals surface area (Å²) in [4.78, 5) is 0.379. The van der Waals surface area contributed by atoms with Gasteiger partial charge >= 0.3 is 0 Å². The first-order valence-corrected chi connectivity index (χ1v) is 10.6. The SMILES string of the molecule is CCCCC1(O)CC2CCCC(C1)N2S(=O)(=O)c1ccc(C)cc1. The van der Waals surface area contributed by atoms with Crippen LogP contribution in [0.4, 0.5) is 0 Å². The quantitative estimate of drug-likeness (QED) is 0.881. The molecule has 2 saturated heterocycles. The molecule has 0 aromatic heterocycles. The third kappa shape index (κ3) is 3.39. The highest BCUT2D eigenvalue weighted by atomic mass is 32.2. The molecule has 4 nitrogen and oxygen atoms in total. The van der Waals surface area contributed by atoms with Gasteiger partial charge in [-0.3, -0.25) is 0 Å². The molecule has 2 unspecified atom stereocenters. The van der Waals surface area contributed by atoms with Crippen molar-refractivity contribution in [2.45, 2.75) is 87.8 Å². The van der Waals surface area contributed by atoms with Gasteiger partial charge in [-0.2, -0.15) is 4.31 Å². The van der Waals surface area contributed by atoms with Gasteiger partial charge in [-0.15, -0.1) is 0 Å². The fraction of sp³-hybridized carbons (Fsp3) is 0.684. The van der Waals surface area contributed by atoms with Gasteiger partial charge < -0.3 is 5.11 Å². The van der Waals surface area contributed by atoms with Crippen molar-refractivity contribution in [1.29, 1.82) is 0 Å². The normalized spacial score (nSPS) is 31.1. The van der Waals surface area contributed by atoms with E-state index in [0.29, 0.717) is 17.7 Å². The number of nitrogens with zero attached hydrogens (tertiary/aromatic N) is 1. The van der Waals surface area contributed by atoms with Crippen LogP contribution >= 0.6 is 0 Å². The van der Waals surface area contributed by atoms with E-state index in [0.717, 1.165) is 44.1 Å². The predicted molar refractivity (Wildman–Crippen MR) is 95.3 cm³/mol. The van der Waals surface area contributed by atoms with Crippen LogP contribution in [0.5, 0.6) is 0 Å². The average molecular weight is 352 g/mol. The summed E-state index contributed by atoms with van der Waals surface area (Å²) in [5.74, 6) is 0. The van der Waals surface area contributed by atoms with Crippen LogP contribution in [0.1, 0.15) is 63.9 Å². The number of fused-ring (bicyclic) bond motifs is 2. The number of piperidine rings is 2. The van der Waals surface area contributed by atoms with Crippen molar-refractivity contribution in [3.05, 3.63) is 29.8 Å². The fourth-order valence-corrected chi connectivity index (χ4v) is 6.29. The number of rotatable bonds is 5. The maximum Gasteiger partial charge on any atom is 0.243 e. The zero-order chi connectivity index (χ0) is 17.4. The topological polar surface area (TPSA) is 57.6 Å². The van der Waals surface area contributed by atoms with E-state index in [1.54, 1.807) is 16.4 Å². The second-order valence-electron chi connectivity index (χ2n) is 7.62. The Morgan fingerprint density at radius 1 is 1.17 bits per heavy atom. The van der Waals surface area contributed by atoms with Crippen LogP contribution < -0.4 is 0 Å². The number of sulfonamides is 1. The molecule has 2 aliphatic heterocycles.